The van der Waals surface area contributed by atoms with Gasteiger partial charge in [-0.05, 0) is 29.3 Å². The van der Waals surface area contributed by atoms with Gasteiger partial charge >= 0.3 is 6.18 Å². The van der Waals surface area contributed by atoms with E-state index in [1.165, 1.54) is 19.1 Å². The number of carbonyl (C=O) groups is 1. The van der Waals surface area contributed by atoms with Crippen molar-refractivity contribution in [2.75, 3.05) is 11.4 Å². The summed E-state index contributed by atoms with van der Waals surface area (Å²) in [4.78, 5) is 13.4. The van der Waals surface area contributed by atoms with Gasteiger partial charge in [-0.2, -0.15) is 13.2 Å². The molecular weight excluding hydrogens is 291 g/mol. The second kappa shape index (κ2) is 5.16. The largest absolute Gasteiger partial charge is 0.416 e. The van der Waals surface area contributed by atoms with Crippen molar-refractivity contribution in [3.63, 3.8) is 0 Å². The van der Waals surface area contributed by atoms with E-state index >= 15 is 0 Å². The molecule has 0 N–H and O–H groups in total. The molecule has 1 atom stereocenters. The van der Waals surface area contributed by atoms with Gasteiger partial charge in [0.2, 0.25) is 5.91 Å². The summed E-state index contributed by atoms with van der Waals surface area (Å²) < 4.78 is 38.0. The lowest BCUT2D eigenvalue weighted by molar-refractivity contribution is -0.137. The van der Waals surface area contributed by atoms with Crippen LogP contribution in [0.15, 0.2) is 48.5 Å². The quantitative estimate of drug-likeness (QED) is 0.773. The normalized spacial score (nSPS) is 17.5. The van der Waals surface area contributed by atoms with Crippen LogP contribution in [0.2, 0.25) is 0 Å². The van der Waals surface area contributed by atoms with Crippen molar-refractivity contribution in [2.24, 2.45) is 0 Å². The van der Waals surface area contributed by atoms with E-state index in [0.717, 1.165) is 28.9 Å². The third kappa shape index (κ3) is 2.47. The predicted molar refractivity (Wildman–Crippen MR) is 77.8 cm³/mol. The zero-order valence-electron chi connectivity index (χ0n) is 11.9. The number of nitrogens with zero attached hydrogens (tertiary/aromatic N) is 1. The molecule has 0 saturated heterocycles. The molecule has 5 heteroatoms. The molecule has 0 radical (unpaired) electrons. The van der Waals surface area contributed by atoms with Crippen LogP contribution >= 0.6 is 0 Å². The molecule has 0 spiro atoms. The van der Waals surface area contributed by atoms with E-state index in [0.29, 0.717) is 6.54 Å². The van der Waals surface area contributed by atoms with Crippen molar-refractivity contribution in [1.29, 1.82) is 0 Å². The standard InChI is InChI=1S/C17H14F3NO/c1-11(22)21-10-15(14-4-2-3-5-16(14)21)12-6-8-13(9-7-12)17(18,19)20/h2-9,15H,10H2,1H3. The Hall–Kier alpha value is -2.30. The molecule has 0 aromatic heterocycles. The van der Waals surface area contributed by atoms with E-state index in [-0.39, 0.29) is 11.8 Å². The average molecular weight is 305 g/mol. The minimum atomic E-state index is -4.34. The van der Waals surface area contributed by atoms with Crippen LogP contribution in [0, 0.1) is 0 Å². The third-order valence-corrected chi connectivity index (χ3v) is 3.99. The lowest BCUT2D eigenvalue weighted by Crippen LogP contribution is -2.27. The first-order valence-electron chi connectivity index (χ1n) is 6.92. The molecule has 2 aromatic carbocycles. The number of halogens is 3. The molecule has 0 aliphatic carbocycles. The predicted octanol–water partition coefficient (Wildman–Crippen LogP) is 4.20. The summed E-state index contributed by atoms with van der Waals surface area (Å²) in [6, 6.07) is 12.7. The summed E-state index contributed by atoms with van der Waals surface area (Å²) in [5, 5.41) is 0. The monoisotopic (exact) mass is 305 g/mol. The number of amides is 1. The molecule has 1 heterocycles. The Kier molecular flexibility index (Phi) is 3.43. The van der Waals surface area contributed by atoms with Crippen LogP contribution in [0.1, 0.15) is 29.5 Å². The van der Waals surface area contributed by atoms with Gasteiger partial charge in [0.1, 0.15) is 0 Å². The molecule has 3 rings (SSSR count). The van der Waals surface area contributed by atoms with Crippen LogP contribution < -0.4 is 4.90 Å². The van der Waals surface area contributed by atoms with Crippen LogP contribution in [0.25, 0.3) is 0 Å². The van der Waals surface area contributed by atoms with E-state index < -0.39 is 11.7 Å². The van der Waals surface area contributed by atoms with Gasteiger partial charge in [-0.1, -0.05) is 30.3 Å². The van der Waals surface area contributed by atoms with Gasteiger partial charge in [0.05, 0.1) is 5.56 Å². The van der Waals surface area contributed by atoms with Gasteiger partial charge in [0.25, 0.3) is 0 Å². The van der Waals surface area contributed by atoms with Gasteiger partial charge in [0.15, 0.2) is 0 Å². The van der Waals surface area contributed by atoms with E-state index in [1.807, 2.05) is 24.3 Å². The Morgan fingerprint density at radius 3 is 2.32 bits per heavy atom. The van der Waals surface area contributed by atoms with Crippen molar-refractivity contribution < 1.29 is 18.0 Å². The van der Waals surface area contributed by atoms with Crippen LogP contribution in [0.3, 0.4) is 0 Å². The first-order valence-corrected chi connectivity index (χ1v) is 6.92. The Labute approximate surface area is 126 Å². The Morgan fingerprint density at radius 1 is 1.09 bits per heavy atom. The second-order valence-corrected chi connectivity index (χ2v) is 5.36. The van der Waals surface area contributed by atoms with E-state index in [1.54, 1.807) is 4.90 Å². The van der Waals surface area contributed by atoms with Gasteiger partial charge in [0, 0.05) is 25.1 Å². The summed E-state index contributed by atoms with van der Waals surface area (Å²) in [5.41, 5.74) is 1.92. The molecule has 1 amide bonds. The molecule has 22 heavy (non-hydrogen) atoms. The molecule has 1 aliphatic heterocycles. The number of alkyl halides is 3. The number of fused-ring (bicyclic) bond motifs is 1. The molecule has 0 bridgehead atoms. The maximum atomic E-state index is 12.7. The third-order valence-electron chi connectivity index (χ3n) is 3.99. The molecule has 2 nitrogen and oxygen atoms in total. The molecule has 0 saturated carbocycles. The summed E-state index contributed by atoms with van der Waals surface area (Å²) in [7, 11) is 0. The zero-order chi connectivity index (χ0) is 15.9. The van der Waals surface area contributed by atoms with Crippen LogP contribution in [0.5, 0.6) is 0 Å². The summed E-state index contributed by atoms with van der Waals surface area (Å²) in [6.07, 6.45) is -4.34. The number of hydrogen-bond acceptors (Lipinski definition) is 1. The summed E-state index contributed by atoms with van der Waals surface area (Å²) in [5.74, 6) is -0.163. The highest BCUT2D eigenvalue weighted by Gasteiger charge is 2.33. The average Bonchev–Trinajstić information content (AvgIpc) is 2.86. The van der Waals surface area contributed by atoms with E-state index in [2.05, 4.69) is 0 Å². The summed E-state index contributed by atoms with van der Waals surface area (Å²) >= 11 is 0. The minimum Gasteiger partial charge on any atom is -0.311 e. The highest BCUT2D eigenvalue weighted by Crippen LogP contribution is 2.40. The lowest BCUT2D eigenvalue weighted by atomic mass is 9.92. The second-order valence-electron chi connectivity index (χ2n) is 5.36. The van der Waals surface area contributed by atoms with Crippen molar-refractivity contribution in [1.82, 2.24) is 0 Å². The van der Waals surface area contributed by atoms with Crippen molar-refractivity contribution >= 4 is 11.6 Å². The highest BCUT2D eigenvalue weighted by molar-refractivity contribution is 5.94. The van der Waals surface area contributed by atoms with Gasteiger partial charge < -0.3 is 4.90 Å². The zero-order valence-corrected chi connectivity index (χ0v) is 11.9. The molecule has 114 valence electrons. The molecule has 0 fully saturated rings. The Bertz CT molecular complexity index is 707. The number of rotatable bonds is 1. The number of carbonyl (C=O) groups excluding carboxylic acids is 1. The molecular formula is C17H14F3NO. The molecule has 2 aromatic rings. The van der Waals surface area contributed by atoms with Crippen molar-refractivity contribution in [3.05, 3.63) is 65.2 Å². The summed E-state index contributed by atoms with van der Waals surface area (Å²) in [6.45, 7) is 1.95. The highest BCUT2D eigenvalue weighted by atomic mass is 19.4. The van der Waals surface area contributed by atoms with Crippen LogP contribution in [-0.2, 0) is 11.0 Å². The van der Waals surface area contributed by atoms with Crippen molar-refractivity contribution in [3.8, 4) is 0 Å². The topological polar surface area (TPSA) is 20.3 Å². The van der Waals surface area contributed by atoms with Crippen LogP contribution in [0.4, 0.5) is 18.9 Å². The number of hydrogen-bond donors (Lipinski definition) is 0. The SMILES string of the molecule is CC(=O)N1CC(c2ccc(C(F)(F)F)cc2)c2ccccc21. The van der Waals surface area contributed by atoms with E-state index in [4.69, 9.17) is 0 Å². The fourth-order valence-corrected chi connectivity index (χ4v) is 2.89. The molecule has 1 aliphatic rings. The fraction of sp³-hybridized carbons (Fsp3) is 0.235. The maximum Gasteiger partial charge on any atom is 0.416 e. The first-order chi connectivity index (χ1) is 10.4. The maximum absolute atomic E-state index is 12.7. The number of anilines is 1. The lowest BCUT2D eigenvalue weighted by Gasteiger charge is -2.16. The Balaban J connectivity index is 1.98. The van der Waals surface area contributed by atoms with Crippen LogP contribution in [-0.4, -0.2) is 12.5 Å². The molecule has 1 unspecified atom stereocenters. The van der Waals surface area contributed by atoms with Gasteiger partial charge in [-0.3, -0.25) is 4.79 Å². The van der Waals surface area contributed by atoms with Crippen molar-refractivity contribution in [2.45, 2.75) is 19.0 Å². The first kappa shape index (κ1) is 14.6. The smallest absolute Gasteiger partial charge is 0.311 e. The van der Waals surface area contributed by atoms with E-state index in [9.17, 15) is 18.0 Å². The fourth-order valence-electron chi connectivity index (χ4n) is 2.89. The Morgan fingerprint density at radius 2 is 1.73 bits per heavy atom. The number of benzene rings is 2. The number of para-hydroxylation sites is 1. The van der Waals surface area contributed by atoms with Gasteiger partial charge in [-0.15, -0.1) is 0 Å². The van der Waals surface area contributed by atoms with Gasteiger partial charge in [-0.25, -0.2) is 0 Å². The minimum absolute atomic E-state index is 0.0677.